The summed E-state index contributed by atoms with van der Waals surface area (Å²) in [4.78, 5) is 0.122. The fourth-order valence-electron chi connectivity index (χ4n) is 2.30. The van der Waals surface area contributed by atoms with Crippen molar-refractivity contribution in [2.24, 2.45) is 7.05 Å². The van der Waals surface area contributed by atoms with Crippen molar-refractivity contribution in [3.63, 3.8) is 0 Å². The van der Waals surface area contributed by atoms with Gasteiger partial charge in [0.25, 0.3) is 10.0 Å². The molecule has 0 unspecified atom stereocenters. The van der Waals surface area contributed by atoms with Crippen LogP contribution < -0.4 is 4.72 Å². The average molecular weight is 400 g/mol. The van der Waals surface area contributed by atoms with E-state index < -0.39 is 10.0 Å². The van der Waals surface area contributed by atoms with Gasteiger partial charge >= 0.3 is 0 Å². The molecule has 7 nitrogen and oxygen atoms in total. The van der Waals surface area contributed by atoms with E-state index in [1.807, 2.05) is 0 Å². The maximum Gasteiger partial charge on any atom is 0.265 e. The van der Waals surface area contributed by atoms with Crippen LogP contribution >= 0.6 is 23.2 Å². The van der Waals surface area contributed by atoms with Gasteiger partial charge in [-0.25, -0.2) is 8.42 Å². The van der Waals surface area contributed by atoms with Gasteiger partial charge in [0, 0.05) is 28.9 Å². The van der Waals surface area contributed by atoms with Crippen LogP contribution in [-0.4, -0.2) is 28.0 Å². The van der Waals surface area contributed by atoms with Gasteiger partial charge in [0.15, 0.2) is 0 Å². The number of nitrogens with zero attached hydrogens (tertiary/aromatic N) is 4. The highest BCUT2D eigenvalue weighted by atomic mass is 35.5. The lowest BCUT2D eigenvalue weighted by Gasteiger charge is -2.07. The molecule has 132 valence electrons. The molecule has 0 saturated heterocycles. The molecule has 3 rings (SSSR count). The maximum absolute atomic E-state index is 12.5. The molecule has 1 aromatic carbocycles. The molecule has 0 spiro atoms. The predicted octanol–water partition coefficient (Wildman–Crippen LogP) is 3.08. The number of halogens is 2. The molecule has 0 bridgehead atoms. The van der Waals surface area contributed by atoms with Gasteiger partial charge in [-0.2, -0.15) is 10.2 Å². The fraction of sp³-hybridized carbons (Fsp3) is 0.200. The van der Waals surface area contributed by atoms with E-state index in [0.717, 1.165) is 0 Å². The van der Waals surface area contributed by atoms with Gasteiger partial charge in [0.2, 0.25) is 0 Å². The van der Waals surface area contributed by atoms with Crippen LogP contribution in [0.15, 0.2) is 41.7 Å². The average Bonchev–Trinajstić information content (AvgIpc) is 3.10. The molecular formula is C15H15Cl2N5O2S. The molecular weight excluding hydrogens is 385 g/mol. The first-order valence-corrected chi connectivity index (χ1v) is 9.48. The molecule has 0 aliphatic heterocycles. The van der Waals surface area contributed by atoms with Crippen LogP contribution in [0.2, 0.25) is 10.0 Å². The molecule has 2 heterocycles. The smallest absolute Gasteiger partial charge is 0.265 e. The molecule has 0 atom stereocenters. The Kier molecular flexibility index (Phi) is 4.77. The van der Waals surface area contributed by atoms with Crippen LogP contribution in [0.25, 0.3) is 0 Å². The second kappa shape index (κ2) is 6.70. The molecule has 2 aromatic heterocycles. The van der Waals surface area contributed by atoms with Gasteiger partial charge < -0.3 is 0 Å². The highest BCUT2D eigenvalue weighted by molar-refractivity contribution is 7.92. The van der Waals surface area contributed by atoms with Crippen LogP contribution in [0.3, 0.4) is 0 Å². The Hall–Kier alpha value is -2.03. The number of aryl methyl sites for hydroxylation is 1. The monoisotopic (exact) mass is 399 g/mol. The Morgan fingerprint density at radius 3 is 2.44 bits per heavy atom. The van der Waals surface area contributed by atoms with Crippen molar-refractivity contribution in [1.82, 2.24) is 19.6 Å². The number of benzene rings is 1. The van der Waals surface area contributed by atoms with Crippen molar-refractivity contribution in [2.45, 2.75) is 18.4 Å². The third-order valence-electron chi connectivity index (χ3n) is 3.75. The third-order valence-corrected chi connectivity index (χ3v) is 5.94. The molecule has 3 aromatic rings. The summed E-state index contributed by atoms with van der Waals surface area (Å²) in [5.74, 6) is 0. The lowest BCUT2D eigenvalue weighted by molar-refractivity contribution is 0.600. The van der Waals surface area contributed by atoms with Crippen molar-refractivity contribution < 1.29 is 8.42 Å². The van der Waals surface area contributed by atoms with Gasteiger partial charge in [-0.05, 0) is 19.1 Å². The minimum atomic E-state index is -3.74. The normalized spacial score (nSPS) is 11.7. The molecule has 10 heteroatoms. The lowest BCUT2D eigenvalue weighted by atomic mass is 10.2. The van der Waals surface area contributed by atoms with E-state index in [1.165, 1.54) is 17.1 Å². The summed E-state index contributed by atoms with van der Waals surface area (Å²) in [5, 5.41) is 9.15. The van der Waals surface area contributed by atoms with E-state index in [0.29, 0.717) is 33.5 Å². The summed E-state index contributed by atoms with van der Waals surface area (Å²) in [7, 11) is -2.06. The molecule has 25 heavy (non-hydrogen) atoms. The van der Waals surface area contributed by atoms with E-state index in [2.05, 4.69) is 14.9 Å². The number of rotatable bonds is 5. The topological polar surface area (TPSA) is 81.8 Å². The van der Waals surface area contributed by atoms with E-state index >= 15 is 0 Å². The summed E-state index contributed by atoms with van der Waals surface area (Å²) in [6.07, 6.45) is 4.31. The van der Waals surface area contributed by atoms with E-state index in [4.69, 9.17) is 23.2 Å². The number of hydrogen-bond donors (Lipinski definition) is 1. The second-order valence-electron chi connectivity index (χ2n) is 5.45. The first-order valence-electron chi connectivity index (χ1n) is 7.24. The lowest BCUT2D eigenvalue weighted by Crippen LogP contribution is -2.13. The Balaban J connectivity index is 1.81. The minimum absolute atomic E-state index is 0.122. The first-order chi connectivity index (χ1) is 11.8. The quantitative estimate of drug-likeness (QED) is 0.714. The van der Waals surface area contributed by atoms with Gasteiger partial charge in [-0.1, -0.05) is 29.3 Å². The highest BCUT2D eigenvalue weighted by Gasteiger charge is 2.20. The molecule has 0 radical (unpaired) electrons. The SMILES string of the molecule is Cc1c(S(=O)(=O)Nc2cnn(Cc3c(Cl)cccc3Cl)c2)cnn1C. The Morgan fingerprint density at radius 1 is 1.16 bits per heavy atom. The fourth-order valence-corrected chi connectivity index (χ4v) is 4.05. The molecule has 0 saturated carbocycles. The van der Waals surface area contributed by atoms with Crippen LogP contribution in [0.5, 0.6) is 0 Å². The Bertz CT molecular complexity index is 1010. The minimum Gasteiger partial charge on any atom is -0.276 e. The van der Waals surface area contributed by atoms with Gasteiger partial charge in [-0.3, -0.25) is 14.1 Å². The second-order valence-corrected chi connectivity index (χ2v) is 7.92. The number of hydrogen-bond acceptors (Lipinski definition) is 4. The van der Waals surface area contributed by atoms with Crippen molar-refractivity contribution in [2.75, 3.05) is 4.72 Å². The summed E-state index contributed by atoms with van der Waals surface area (Å²) in [6, 6.07) is 5.23. The molecule has 0 fully saturated rings. The number of sulfonamides is 1. The maximum atomic E-state index is 12.5. The van der Waals surface area contributed by atoms with Crippen LogP contribution in [0, 0.1) is 6.92 Å². The third kappa shape index (κ3) is 3.65. The summed E-state index contributed by atoms with van der Waals surface area (Å²) in [6.45, 7) is 2.01. The van der Waals surface area contributed by atoms with Gasteiger partial charge in [0.1, 0.15) is 4.90 Å². The Labute approximate surface area is 155 Å². The number of aromatic nitrogens is 4. The van der Waals surface area contributed by atoms with Gasteiger partial charge in [-0.15, -0.1) is 0 Å². The zero-order valence-electron chi connectivity index (χ0n) is 13.4. The van der Waals surface area contributed by atoms with Crippen LogP contribution in [-0.2, 0) is 23.6 Å². The zero-order valence-corrected chi connectivity index (χ0v) is 15.8. The first kappa shape index (κ1) is 17.8. The molecule has 0 aliphatic rings. The van der Waals surface area contributed by atoms with Crippen LogP contribution in [0.4, 0.5) is 5.69 Å². The van der Waals surface area contributed by atoms with Crippen molar-refractivity contribution >= 4 is 38.9 Å². The molecule has 0 amide bonds. The largest absolute Gasteiger partial charge is 0.276 e. The number of anilines is 1. The van der Waals surface area contributed by atoms with E-state index in [-0.39, 0.29) is 4.90 Å². The molecule has 1 N–H and O–H groups in total. The van der Waals surface area contributed by atoms with Gasteiger partial charge in [0.05, 0.1) is 30.3 Å². The standard InChI is InChI=1S/C15H15Cl2N5O2S/c1-10-15(7-18-21(10)2)25(23,24)20-11-6-19-22(8-11)9-12-13(16)4-3-5-14(12)17/h3-8,20H,9H2,1-2H3. The van der Waals surface area contributed by atoms with Crippen molar-refractivity contribution in [3.05, 3.63) is 58.1 Å². The number of nitrogens with one attached hydrogen (secondary N) is 1. The summed E-state index contributed by atoms with van der Waals surface area (Å²) >= 11 is 12.3. The summed E-state index contributed by atoms with van der Waals surface area (Å²) < 4.78 is 30.5. The van der Waals surface area contributed by atoms with Crippen LogP contribution in [0.1, 0.15) is 11.3 Å². The van der Waals surface area contributed by atoms with E-state index in [1.54, 1.807) is 43.0 Å². The summed E-state index contributed by atoms with van der Waals surface area (Å²) in [5.41, 5.74) is 1.60. The Morgan fingerprint density at radius 2 is 1.84 bits per heavy atom. The highest BCUT2D eigenvalue weighted by Crippen LogP contribution is 2.25. The van der Waals surface area contributed by atoms with E-state index in [9.17, 15) is 8.42 Å². The van der Waals surface area contributed by atoms with Crippen molar-refractivity contribution in [3.8, 4) is 0 Å². The molecule has 0 aliphatic carbocycles. The van der Waals surface area contributed by atoms with Crippen molar-refractivity contribution in [1.29, 1.82) is 0 Å². The zero-order chi connectivity index (χ0) is 18.2. The predicted molar refractivity (Wildman–Crippen MR) is 96.5 cm³/mol.